The molecule has 4 aromatic rings. The molecule has 0 bridgehead atoms. The predicted octanol–water partition coefficient (Wildman–Crippen LogP) is 5.28. The van der Waals surface area contributed by atoms with Gasteiger partial charge in [0.1, 0.15) is 36.8 Å². The summed E-state index contributed by atoms with van der Waals surface area (Å²) >= 11 is 13.8. The molecular weight excluding hydrogens is 761 g/mol. The van der Waals surface area contributed by atoms with Crippen molar-refractivity contribution in [2.75, 3.05) is 44.2 Å². The summed E-state index contributed by atoms with van der Waals surface area (Å²) < 4.78 is 12.3. The number of nitrogens with zero attached hydrogens (tertiary/aromatic N) is 4. The maximum atomic E-state index is 11.5. The molecule has 0 amide bonds. The summed E-state index contributed by atoms with van der Waals surface area (Å²) in [5.74, 6) is -1.69. The lowest BCUT2D eigenvalue weighted by molar-refractivity contribution is -0.163. The summed E-state index contributed by atoms with van der Waals surface area (Å²) in [6.45, 7) is 3.23. The standard InChI is InChI=1S/C41H43Cl2N5O8/c42-33-17-29(22-46-34(23-49)39(50)51)36(55-24-27-16-26(19-44)20-45-21-27)18-37(33)56-25-28-4-1-6-32(38(28)43)30-5-2-7-35-31(30)8-13-48(35)12-3-11-47-14-9-41(54,10-15-47)40(52)53/h1-2,4-7,16-18,20-21,34,46,49,54H,3,8-15,22-25H2,(H,50,51)(H,52,53). The first-order chi connectivity index (χ1) is 27.0. The Balaban J connectivity index is 1.14. The topological polar surface area (TPSA) is 189 Å². The van der Waals surface area contributed by atoms with Crippen LogP contribution in [0.5, 0.6) is 11.5 Å². The molecule has 1 unspecified atom stereocenters. The molecule has 13 nitrogen and oxygen atoms in total. The van der Waals surface area contributed by atoms with Crippen molar-refractivity contribution in [3.05, 3.63) is 105 Å². The smallest absolute Gasteiger partial charge is 0.335 e. The number of halogens is 2. The highest BCUT2D eigenvalue weighted by molar-refractivity contribution is 6.34. The van der Waals surface area contributed by atoms with Crippen molar-refractivity contribution in [3.63, 3.8) is 0 Å². The van der Waals surface area contributed by atoms with Gasteiger partial charge in [-0.3, -0.25) is 15.1 Å². The first kappa shape index (κ1) is 40.7. The van der Waals surface area contributed by atoms with E-state index in [9.17, 15) is 35.3 Å². The number of rotatable bonds is 17. The highest BCUT2D eigenvalue weighted by atomic mass is 35.5. The maximum absolute atomic E-state index is 11.5. The number of piperidine rings is 1. The molecule has 0 aliphatic carbocycles. The number of aliphatic carboxylic acids is 2. The number of carboxylic acids is 2. The Hall–Kier alpha value is -4.94. The van der Waals surface area contributed by atoms with E-state index in [1.54, 1.807) is 24.4 Å². The number of likely N-dealkylation sites (tertiary alicyclic amines) is 1. The number of hydrogen-bond acceptors (Lipinski definition) is 11. The normalized spacial score (nSPS) is 15.5. The van der Waals surface area contributed by atoms with E-state index in [1.165, 1.54) is 11.8 Å². The van der Waals surface area contributed by atoms with E-state index in [0.29, 0.717) is 46.3 Å². The van der Waals surface area contributed by atoms with Crippen molar-refractivity contribution in [1.82, 2.24) is 15.2 Å². The molecular formula is C41H43Cl2N5O8. The zero-order valence-corrected chi connectivity index (χ0v) is 32.1. The molecule has 1 aromatic heterocycles. The monoisotopic (exact) mass is 803 g/mol. The van der Waals surface area contributed by atoms with Gasteiger partial charge in [-0.1, -0.05) is 53.5 Å². The number of nitrogens with one attached hydrogen (secondary N) is 1. The van der Waals surface area contributed by atoms with Crippen molar-refractivity contribution in [1.29, 1.82) is 5.26 Å². The van der Waals surface area contributed by atoms with Crippen LogP contribution in [0.3, 0.4) is 0 Å². The molecule has 0 radical (unpaired) electrons. The summed E-state index contributed by atoms with van der Waals surface area (Å²) in [4.78, 5) is 31.6. The Morgan fingerprint density at radius 3 is 2.43 bits per heavy atom. The summed E-state index contributed by atoms with van der Waals surface area (Å²) in [6.07, 6.45) is 5.26. The van der Waals surface area contributed by atoms with Gasteiger partial charge in [0.25, 0.3) is 0 Å². The number of carbonyl (C=O) groups is 2. The molecule has 3 heterocycles. The van der Waals surface area contributed by atoms with Gasteiger partial charge in [0.2, 0.25) is 0 Å². The Morgan fingerprint density at radius 1 is 0.946 bits per heavy atom. The number of ether oxygens (including phenoxy) is 2. The minimum atomic E-state index is -1.62. The maximum Gasteiger partial charge on any atom is 0.335 e. The third-order valence-electron chi connectivity index (χ3n) is 10.3. The van der Waals surface area contributed by atoms with Crippen molar-refractivity contribution in [3.8, 4) is 28.7 Å². The van der Waals surface area contributed by atoms with Crippen LogP contribution in [-0.4, -0.2) is 93.2 Å². The number of nitriles is 1. The number of aliphatic hydroxyl groups excluding tert-OH is 1. The average Bonchev–Trinajstić information content (AvgIpc) is 3.61. The zero-order valence-electron chi connectivity index (χ0n) is 30.6. The lowest BCUT2D eigenvalue weighted by Crippen LogP contribution is -2.49. The quantitative estimate of drug-likeness (QED) is 0.0928. The molecule has 1 atom stereocenters. The fraction of sp³-hybridized carbons (Fsp3) is 0.366. The van der Waals surface area contributed by atoms with Crippen LogP contribution in [-0.2, 0) is 35.8 Å². The predicted molar refractivity (Wildman–Crippen MR) is 210 cm³/mol. The fourth-order valence-corrected chi connectivity index (χ4v) is 7.62. The highest BCUT2D eigenvalue weighted by Crippen LogP contribution is 2.41. The van der Waals surface area contributed by atoms with E-state index in [2.05, 4.69) is 38.3 Å². The molecule has 2 aliphatic rings. The molecule has 15 heteroatoms. The highest BCUT2D eigenvalue weighted by Gasteiger charge is 2.39. The lowest BCUT2D eigenvalue weighted by Gasteiger charge is -2.35. The Morgan fingerprint density at radius 2 is 1.70 bits per heavy atom. The molecule has 294 valence electrons. The molecule has 2 aliphatic heterocycles. The van der Waals surface area contributed by atoms with Crippen molar-refractivity contribution < 1.29 is 39.5 Å². The zero-order chi connectivity index (χ0) is 39.8. The van der Waals surface area contributed by atoms with Crippen LogP contribution >= 0.6 is 23.2 Å². The largest absolute Gasteiger partial charge is 0.488 e. The summed E-state index contributed by atoms with van der Waals surface area (Å²) in [7, 11) is 0. The number of aliphatic hydroxyl groups is 2. The second-order valence-electron chi connectivity index (χ2n) is 14.0. The van der Waals surface area contributed by atoms with Crippen LogP contribution in [0.25, 0.3) is 11.1 Å². The third-order valence-corrected chi connectivity index (χ3v) is 11.1. The fourth-order valence-electron chi connectivity index (χ4n) is 7.10. The van der Waals surface area contributed by atoms with Crippen LogP contribution in [0, 0.1) is 11.3 Å². The number of pyridine rings is 1. The minimum Gasteiger partial charge on any atom is -0.488 e. The summed E-state index contributed by atoms with van der Waals surface area (Å²) in [6, 6.07) is 17.8. The average molecular weight is 805 g/mol. The number of anilines is 1. The molecule has 0 spiro atoms. The number of fused-ring (bicyclic) bond motifs is 1. The first-order valence-corrected chi connectivity index (χ1v) is 19.1. The van der Waals surface area contributed by atoms with E-state index in [0.717, 1.165) is 54.9 Å². The van der Waals surface area contributed by atoms with Gasteiger partial charge >= 0.3 is 11.9 Å². The van der Waals surface area contributed by atoms with Gasteiger partial charge in [-0.2, -0.15) is 5.26 Å². The number of aromatic nitrogens is 1. The minimum absolute atomic E-state index is 0.0221. The van der Waals surface area contributed by atoms with Crippen LogP contribution in [0.15, 0.2) is 67.0 Å². The van der Waals surface area contributed by atoms with Crippen LogP contribution in [0.4, 0.5) is 5.69 Å². The van der Waals surface area contributed by atoms with Crippen LogP contribution in [0.1, 0.15) is 47.1 Å². The lowest BCUT2D eigenvalue weighted by atomic mass is 9.91. The second-order valence-corrected chi connectivity index (χ2v) is 14.8. The SMILES string of the molecule is N#Cc1cncc(COc2cc(OCc3cccc(-c4cccc5c4CCN5CCCN4CCC(O)(C(=O)O)CC4)c3Cl)c(Cl)cc2CNC(CO)C(=O)O)c1. The van der Waals surface area contributed by atoms with Gasteiger partial charge in [0.05, 0.1) is 22.2 Å². The Bertz CT molecular complexity index is 2100. The van der Waals surface area contributed by atoms with E-state index >= 15 is 0 Å². The summed E-state index contributed by atoms with van der Waals surface area (Å²) in [5.41, 5.74) is 4.98. The van der Waals surface area contributed by atoms with E-state index in [-0.39, 0.29) is 37.6 Å². The molecule has 0 saturated carbocycles. The Kier molecular flexibility index (Phi) is 13.3. The molecule has 6 rings (SSSR count). The van der Waals surface area contributed by atoms with Gasteiger partial charge in [-0.15, -0.1) is 0 Å². The molecule has 5 N–H and O–H groups in total. The first-order valence-electron chi connectivity index (χ1n) is 18.3. The van der Waals surface area contributed by atoms with Gasteiger partial charge < -0.3 is 39.7 Å². The van der Waals surface area contributed by atoms with Gasteiger partial charge in [-0.05, 0) is 61.6 Å². The number of carboxylic acid groups (broad SMARTS) is 2. The van der Waals surface area contributed by atoms with Gasteiger partial charge in [-0.25, -0.2) is 4.79 Å². The Labute approximate surface area is 334 Å². The summed E-state index contributed by atoms with van der Waals surface area (Å²) in [5, 5.41) is 51.4. The second kappa shape index (κ2) is 18.3. The van der Waals surface area contributed by atoms with Crippen molar-refractivity contribution in [2.24, 2.45) is 0 Å². The number of hydrogen-bond donors (Lipinski definition) is 5. The molecule has 3 aromatic carbocycles. The molecule has 1 fully saturated rings. The van der Waals surface area contributed by atoms with Crippen molar-refractivity contribution in [2.45, 2.75) is 57.1 Å². The third kappa shape index (κ3) is 9.53. The van der Waals surface area contributed by atoms with Gasteiger partial charge in [0.15, 0.2) is 5.60 Å². The van der Waals surface area contributed by atoms with Crippen LogP contribution < -0.4 is 19.7 Å². The van der Waals surface area contributed by atoms with Gasteiger partial charge in [0, 0.05) is 79.1 Å². The van der Waals surface area contributed by atoms with Crippen LogP contribution in [0.2, 0.25) is 10.0 Å². The van der Waals surface area contributed by atoms with E-state index in [4.69, 9.17) is 32.7 Å². The van der Waals surface area contributed by atoms with E-state index < -0.39 is 30.2 Å². The number of benzene rings is 3. The van der Waals surface area contributed by atoms with E-state index in [1.807, 2.05) is 24.3 Å². The molecule has 1 saturated heterocycles. The molecule has 56 heavy (non-hydrogen) atoms. The van der Waals surface area contributed by atoms with Crippen molar-refractivity contribution >= 4 is 40.8 Å².